The summed E-state index contributed by atoms with van der Waals surface area (Å²) in [6.07, 6.45) is 0. The molecule has 0 heterocycles. The molecule has 0 saturated carbocycles. The van der Waals surface area contributed by atoms with Crippen LogP contribution in [-0.2, 0) is 6.54 Å². The molecule has 3 N–H and O–H groups in total. The molecular formula is C21H13N4NaO7. The Morgan fingerprint density at radius 2 is 1.18 bits per heavy atom. The molecule has 4 aromatic rings. The maximum absolute atomic E-state index is 11.9. The summed E-state index contributed by atoms with van der Waals surface area (Å²) in [5.74, 6) is -0.853. The smallest absolute Gasteiger partial charge is 0.868 e. The van der Waals surface area contributed by atoms with E-state index in [2.05, 4.69) is 16.0 Å². The molecule has 33 heavy (non-hydrogen) atoms. The van der Waals surface area contributed by atoms with Crippen molar-refractivity contribution in [2.45, 2.75) is 6.54 Å². The van der Waals surface area contributed by atoms with Gasteiger partial charge < -0.3 is 21.1 Å². The molecule has 0 unspecified atom stereocenters. The minimum absolute atomic E-state index is 0. The number of hydrogen-bond acceptors (Lipinski definition) is 10. The van der Waals surface area contributed by atoms with Gasteiger partial charge in [-0.1, -0.05) is 12.1 Å². The Morgan fingerprint density at radius 1 is 0.697 bits per heavy atom. The Balaban J connectivity index is 0.00000306. The van der Waals surface area contributed by atoms with Crippen molar-refractivity contribution in [3.63, 3.8) is 0 Å². The van der Waals surface area contributed by atoms with Crippen molar-refractivity contribution in [2.24, 2.45) is 0 Å². The monoisotopic (exact) mass is 456 g/mol. The molecule has 160 valence electrons. The third-order valence-corrected chi connectivity index (χ3v) is 4.82. The standard InChI is InChI=1S/C21H14N4O7.Na/c26-17-14(15(18(17)27)23-12-5-7-13(8-6-12)25(31)32)22-9-10-1-3-11(4-2-10)24-16-19(28)21(30)20(16)29;/h1-8,22-24,28H,9H2;/q;+1/p-1. The van der Waals surface area contributed by atoms with E-state index in [9.17, 15) is 34.4 Å². The first-order valence-electron chi connectivity index (χ1n) is 9.21. The van der Waals surface area contributed by atoms with Crippen LogP contribution in [0.3, 0.4) is 0 Å². The number of nitro benzene ring substituents is 1. The molecule has 11 nitrogen and oxygen atoms in total. The van der Waals surface area contributed by atoms with Gasteiger partial charge in [0.15, 0.2) is 0 Å². The molecular weight excluding hydrogens is 443 g/mol. The predicted octanol–water partition coefficient (Wildman–Crippen LogP) is -2.04. The van der Waals surface area contributed by atoms with Gasteiger partial charge in [0.05, 0.1) is 10.6 Å². The third-order valence-electron chi connectivity index (χ3n) is 4.82. The largest absolute Gasteiger partial charge is 1.00 e. The first-order valence-corrected chi connectivity index (χ1v) is 9.21. The fraction of sp³-hybridized carbons (Fsp3) is 0.0476. The van der Waals surface area contributed by atoms with Gasteiger partial charge in [-0.05, 0) is 35.6 Å². The number of non-ortho nitro benzene ring substituents is 1. The molecule has 0 atom stereocenters. The Morgan fingerprint density at radius 3 is 1.73 bits per heavy atom. The number of nitrogens with one attached hydrogen (secondary N) is 3. The number of hydrogen-bond donors (Lipinski definition) is 3. The van der Waals surface area contributed by atoms with Gasteiger partial charge in [-0.3, -0.25) is 29.3 Å². The van der Waals surface area contributed by atoms with E-state index in [0.717, 1.165) is 5.56 Å². The normalized spacial score (nSPS) is 10.5. The number of benzene rings is 2. The Labute approximate surface area is 206 Å². The van der Waals surface area contributed by atoms with Crippen LogP contribution in [0.25, 0.3) is 0 Å². The van der Waals surface area contributed by atoms with Crippen molar-refractivity contribution in [3.8, 4) is 5.75 Å². The molecule has 0 aliphatic heterocycles. The molecule has 0 saturated heterocycles. The second kappa shape index (κ2) is 9.36. The van der Waals surface area contributed by atoms with Crippen molar-refractivity contribution in [1.29, 1.82) is 0 Å². The third kappa shape index (κ3) is 4.55. The van der Waals surface area contributed by atoms with Gasteiger partial charge in [-0.15, -0.1) is 0 Å². The molecule has 0 amide bonds. The van der Waals surface area contributed by atoms with E-state index in [1.807, 2.05) is 0 Å². The van der Waals surface area contributed by atoms with Crippen molar-refractivity contribution >= 4 is 34.1 Å². The summed E-state index contributed by atoms with van der Waals surface area (Å²) in [4.78, 5) is 56.3. The first-order chi connectivity index (χ1) is 15.3. The van der Waals surface area contributed by atoms with Gasteiger partial charge in [0, 0.05) is 30.1 Å². The molecule has 4 aromatic carbocycles. The predicted molar refractivity (Wildman–Crippen MR) is 116 cm³/mol. The summed E-state index contributed by atoms with van der Waals surface area (Å²) >= 11 is 0. The summed E-state index contributed by atoms with van der Waals surface area (Å²) in [5.41, 5.74) is -1.92. The SMILES string of the molecule is O=c1c([O-])c(Nc2ccc(CNc3c(Nc4ccc([N+](=O)[O-])cc4)c(=O)c3=O)cc2)c1=O.[Na+]. The van der Waals surface area contributed by atoms with E-state index in [1.54, 1.807) is 24.3 Å². The van der Waals surface area contributed by atoms with Gasteiger partial charge >= 0.3 is 29.6 Å². The fourth-order valence-corrected chi connectivity index (χ4v) is 3.02. The van der Waals surface area contributed by atoms with Gasteiger partial charge in [0.25, 0.3) is 16.5 Å². The minimum Gasteiger partial charge on any atom is -0.868 e. The van der Waals surface area contributed by atoms with E-state index in [1.165, 1.54) is 24.3 Å². The quantitative estimate of drug-likeness (QED) is 0.116. The molecule has 4 rings (SSSR count). The van der Waals surface area contributed by atoms with Crippen LogP contribution in [0.15, 0.2) is 67.7 Å². The summed E-state index contributed by atoms with van der Waals surface area (Å²) in [6.45, 7) is 0.201. The van der Waals surface area contributed by atoms with Crippen LogP contribution in [0.4, 0.5) is 34.1 Å². The summed E-state index contributed by atoms with van der Waals surface area (Å²) in [5, 5.41) is 30.3. The van der Waals surface area contributed by atoms with Gasteiger partial charge in [0.2, 0.25) is 10.9 Å². The summed E-state index contributed by atoms with van der Waals surface area (Å²) in [6, 6.07) is 11.9. The molecule has 0 fully saturated rings. The van der Waals surface area contributed by atoms with Crippen LogP contribution >= 0.6 is 0 Å². The van der Waals surface area contributed by atoms with E-state index in [-0.39, 0.29) is 58.9 Å². The van der Waals surface area contributed by atoms with Gasteiger partial charge in [0.1, 0.15) is 11.4 Å². The zero-order valence-corrected chi connectivity index (χ0v) is 19.1. The Kier molecular flexibility index (Phi) is 6.77. The van der Waals surface area contributed by atoms with E-state index < -0.39 is 32.4 Å². The van der Waals surface area contributed by atoms with Crippen molar-refractivity contribution < 1.29 is 39.6 Å². The molecule has 0 aliphatic carbocycles. The van der Waals surface area contributed by atoms with Crippen LogP contribution in [0, 0.1) is 10.1 Å². The Bertz CT molecular complexity index is 1480. The molecule has 0 aliphatic rings. The van der Waals surface area contributed by atoms with E-state index in [0.29, 0.717) is 11.4 Å². The van der Waals surface area contributed by atoms with Crippen LogP contribution < -0.4 is 72.3 Å². The van der Waals surface area contributed by atoms with Gasteiger partial charge in [-0.2, -0.15) is 0 Å². The number of nitrogens with zero attached hydrogens (tertiary/aromatic N) is 1. The zero-order chi connectivity index (χ0) is 23.0. The molecule has 12 heteroatoms. The number of anilines is 5. The second-order valence-electron chi connectivity index (χ2n) is 6.88. The summed E-state index contributed by atoms with van der Waals surface area (Å²) < 4.78 is 0. The minimum atomic E-state index is -1.04. The average molecular weight is 456 g/mol. The fourth-order valence-electron chi connectivity index (χ4n) is 3.02. The topological polar surface area (TPSA) is 171 Å². The van der Waals surface area contributed by atoms with Crippen LogP contribution in [0.1, 0.15) is 5.56 Å². The van der Waals surface area contributed by atoms with Crippen molar-refractivity contribution in [3.05, 3.63) is 105 Å². The molecule has 0 bridgehead atoms. The average Bonchev–Trinajstić information content (AvgIpc) is 2.82. The van der Waals surface area contributed by atoms with Crippen molar-refractivity contribution in [1.82, 2.24) is 0 Å². The molecule has 0 aromatic heterocycles. The number of nitro groups is 1. The molecule has 0 radical (unpaired) electrons. The van der Waals surface area contributed by atoms with Gasteiger partial charge in [-0.25, -0.2) is 0 Å². The summed E-state index contributed by atoms with van der Waals surface area (Å²) in [7, 11) is 0. The first kappa shape index (κ1) is 23.9. The van der Waals surface area contributed by atoms with E-state index >= 15 is 0 Å². The van der Waals surface area contributed by atoms with Crippen LogP contribution in [0.5, 0.6) is 5.75 Å². The van der Waals surface area contributed by atoms with Crippen LogP contribution in [-0.4, -0.2) is 4.92 Å². The second-order valence-corrected chi connectivity index (χ2v) is 6.88. The number of rotatable bonds is 8. The van der Waals surface area contributed by atoms with Crippen molar-refractivity contribution in [2.75, 3.05) is 16.0 Å². The maximum Gasteiger partial charge on any atom is 1.00 e. The van der Waals surface area contributed by atoms with E-state index in [4.69, 9.17) is 0 Å². The zero-order valence-electron chi connectivity index (χ0n) is 17.1. The Hall–Kier alpha value is -3.80. The maximum atomic E-state index is 11.9. The van der Waals surface area contributed by atoms with Crippen LogP contribution in [0.2, 0.25) is 0 Å². The molecule has 0 spiro atoms.